The largest absolute Gasteiger partial charge is 0.507 e. The van der Waals surface area contributed by atoms with Gasteiger partial charge < -0.3 is 16.2 Å². The predicted octanol–water partition coefficient (Wildman–Crippen LogP) is 1.64. The summed E-state index contributed by atoms with van der Waals surface area (Å²) in [7, 11) is 0. The minimum atomic E-state index is -0.612. The van der Waals surface area contributed by atoms with Gasteiger partial charge in [-0.25, -0.2) is 9.37 Å². The Bertz CT molecular complexity index is 599. The van der Waals surface area contributed by atoms with Crippen LogP contribution < -0.4 is 11.1 Å². The first kappa shape index (κ1) is 13.0. The molecule has 0 bridgehead atoms. The summed E-state index contributed by atoms with van der Waals surface area (Å²) in [6.07, 6.45) is 1.54. The van der Waals surface area contributed by atoms with Crippen molar-refractivity contribution in [1.29, 1.82) is 0 Å². The molecule has 2 rings (SSSR count). The minimum Gasteiger partial charge on any atom is -0.507 e. The van der Waals surface area contributed by atoms with Crippen molar-refractivity contribution in [3.05, 3.63) is 53.5 Å². The Kier molecular flexibility index (Phi) is 3.72. The molecule has 5 nitrogen and oxygen atoms in total. The second-order valence-electron chi connectivity index (χ2n) is 3.87. The van der Waals surface area contributed by atoms with Crippen LogP contribution in [0.25, 0.3) is 0 Å². The molecule has 98 valence electrons. The molecule has 1 heterocycles. The molecule has 0 unspecified atom stereocenters. The van der Waals surface area contributed by atoms with Crippen LogP contribution in [0.5, 0.6) is 5.75 Å². The fourth-order valence-electron chi connectivity index (χ4n) is 1.50. The van der Waals surface area contributed by atoms with Gasteiger partial charge in [0.25, 0.3) is 5.91 Å². The Morgan fingerprint density at radius 2 is 2.16 bits per heavy atom. The highest BCUT2D eigenvalue weighted by Crippen LogP contribution is 2.19. The number of rotatable bonds is 3. The van der Waals surface area contributed by atoms with E-state index in [1.807, 2.05) is 0 Å². The monoisotopic (exact) mass is 261 g/mol. The van der Waals surface area contributed by atoms with Gasteiger partial charge in [0.2, 0.25) is 0 Å². The molecular weight excluding hydrogens is 249 g/mol. The van der Waals surface area contributed by atoms with E-state index in [4.69, 9.17) is 5.73 Å². The normalized spacial score (nSPS) is 10.2. The van der Waals surface area contributed by atoms with Gasteiger partial charge in [0.05, 0.1) is 5.56 Å². The summed E-state index contributed by atoms with van der Waals surface area (Å²) in [5.41, 5.74) is 6.24. The second kappa shape index (κ2) is 5.45. The number of nitrogens with two attached hydrogens (primary N) is 1. The summed E-state index contributed by atoms with van der Waals surface area (Å²) < 4.78 is 12.8. The summed E-state index contributed by atoms with van der Waals surface area (Å²) in [4.78, 5) is 15.8. The van der Waals surface area contributed by atoms with Crippen LogP contribution in [0.15, 0.2) is 36.5 Å². The first-order chi connectivity index (χ1) is 9.10. The van der Waals surface area contributed by atoms with Gasteiger partial charge in [-0.05, 0) is 23.8 Å². The summed E-state index contributed by atoms with van der Waals surface area (Å²) in [5, 5.41) is 12.0. The van der Waals surface area contributed by atoms with Crippen molar-refractivity contribution < 1.29 is 14.3 Å². The van der Waals surface area contributed by atoms with Crippen molar-refractivity contribution in [2.75, 3.05) is 5.32 Å². The van der Waals surface area contributed by atoms with Crippen molar-refractivity contribution in [2.24, 2.45) is 5.73 Å². The van der Waals surface area contributed by atoms with E-state index < -0.39 is 17.5 Å². The number of nitrogens with zero attached hydrogens (tertiary/aromatic N) is 1. The highest BCUT2D eigenvalue weighted by Gasteiger charge is 2.12. The van der Waals surface area contributed by atoms with Gasteiger partial charge in [-0.3, -0.25) is 4.79 Å². The van der Waals surface area contributed by atoms with E-state index in [1.165, 1.54) is 6.07 Å². The number of pyridine rings is 1. The smallest absolute Gasteiger partial charge is 0.260 e. The number of carbonyl (C=O) groups is 1. The molecule has 1 aromatic heterocycles. The van der Waals surface area contributed by atoms with E-state index in [2.05, 4.69) is 10.3 Å². The van der Waals surface area contributed by atoms with Crippen LogP contribution in [-0.4, -0.2) is 16.0 Å². The van der Waals surface area contributed by atoms with Gasteiger partial charge in [0.1, 0.15) is 17.4 Å². The summed E-state index contributed by atoms with van der Waals surface area (Å²) >= 11 is 0. The highest BCUT2D eigenvalue weighted by molar-refractivity contribution is 6.05. The first-order valence-electron chi connectivity index (χ1n) is 5.55. The number of phenols is 1. The number of halogens is 1. The zero-order chi connectivity index (χ0) is 13.8. The molecule has 6 heteroatoms. The molecule has 1 aromatic carbocycles. The topological polar surface area (TPSA) is 88.2 Å². The summed E-state index contributed by atoms with van der Waals surface area (Å²) in [6.45, 7) is 0.361. The molecule has 0 aliphatic carbocycles. The van der Waals surface area contributed by atoms with E-state index in [1.54, 1.807) is 18.3 Å². The number of nitrogens with one attached hydrogen (secondary N) is 1. The zero-order valence-electron chi connectivity index (χ0n) is 9.93. The molecule has 19 heavy (non-hydrogen) atoms. The maximum Gasteiger partial charge on any atom is 0.260 e. The average molecular weight is 261 g/mol. The lowest BCUT2D eigenvalue weighted by molar-refractivity contribution is 0.102. The molecular formula is C13H12FN3O2. The van der Waals surface area contributed by atoms with Crippen LogP contribution in [0.2, 0.25) is 0 Å². The van der Waals surface area contributed by atoms with Gasteiger partial charge in [-0.15, -0.1) is 0 Å². The lowest BCUT2D eigenvalue weighted by Crippen LogP contribution is -2.13. The van der Waals surface area contributed by atoms with E-state index in [0.717, 1.165) is 17.7 Å². The van der Waals surface area contributed by atoms with Crippen molar-refractivity contribution >= 4 is 11.7 Å². The number of aromatic nitrogens is 1. The fraction of sp³-hybridized carbons (Fsp3) is 0.0769. The third kappa shape index (κ3) is 3.05. The standard InChI is InChI=1S/C13H12FN3O2/c14-9-2-3-10(11(18)5-9)13(19)17-12-4-1-8(6-15)7-16-12/h1-5,7,18H,6,15H2,(H,16,17,19). The number of phenolic OH excluding ortho intramolecular Hbond substituents is 1. The molecule has 1 amide bonds. The van der Waals surface area contributed by atoms with Crippen molar-refractivity contribution in [3.8, 4) is 5.75 Å². The summed E-state index contributed by atoms with van der Waals surface area (Å²) in [5.74, 6) is -1.27. The van der Waals surface area contributed by atoms with Gasteiger partial charge in [0, 0.05) is 18.8 Å². The van der Waals surface area contributed by atoms with Gasteiger partial charge in [-0.2, -0.15) is 0 Å². The van der Waals surface area contributed by atoms with Crippen molar-refractivity contribution in [3.63, 3.8) is 0 Å². The van der Waals surface area contributed by atoms with Crippen LogP contribution >= 0.6 is 0 Å². The number of amides is 1. The Labute approximate surface area is 108 Å². The third-order valence-electron chi connectivity index (χ3n) is 2.51. The first-order valence-corrected chi connectivity index (χ1v) is 5.55. The van der Waals surface area contributed by atoms with Crippen LogP contribution in [0.4, 0.5) is 10.2 Å². The van der Waals surface area contributed by atoms with Gasteiger partial charge in [-0.1, -0.05) is 6.07 Å². The maximum atomic E-state index is 12.8. The molecule has 0 fully saturated rings. The number of aromatic hydroxyl groups is 1. The number of hydrogen-bond donors (Lipinski definition) is 3. The molecule has 2 aromatic rings. The zero-order valence-corrected chi connectivity index (χ0v) is 9.93. The Morgan fingerprint density at radius 1 is 1.37 bits per heavy atom. The number of carbonyl (C=O) groups excluding carboxylic acids is 1. The molecule has 0 spiro atoms. The lowest BCUT2D eigenvalue weighted by atomic mass is 10.2. The predicted molar refractivity (Wildman–Crippen MR) is 68.1 cm³/mol. The molecule has 0 saturated heterocycles. The van der Waals surface area contributed by atoms with E-state index in [-0.39, 0.29) is 5.56 Å². The second-order valence-corrected chi connectivity index (χ2v) is 3.87. The van der Waals surface area contributed by atoms with E-state index >= 15 is 0 Å². The SMILES string of the molecule is NCc1ccc(NC(=O)c2ccc(F)cc2O)nc1. The summed E-state index contributed by atoms with van der Waals surface area (Å²) in [6, 6.07) is 6.50. The molecule has 0 atom stereocenters. The lowest BCUT2D eigenvalue weighted by Gasteiger charge is -2.06. The number of anilines is 1. The third-order valence-corrected chi connectivity index (χ3v) is 2.51. The quantitative estimate of drug-likeness (QED) is 0.783. The highest BCUT2D eigenvalue weighted by atomic mass is 19.1. The van der Waals surface area contributed by atoms with Crippen LogP contribution in [0.1, 0.15) is 15.9 Å². The number of benzene rings is 1. The van der Waals surface area contributed by atoms with Crippen molar-refractivity contribution in [1.82, 2.24) is 4.98 Å². The molecule has 0 saturated carbocycles. The number of hydrogen-bond acceptors (Lipinski definition) is 4. The van der Waals surface area contributed by atoms with Gasteiger partial charge >= 0.3 is 0 Å². The Morgan fingerprint density at radius 3 is 2.74 bits per heavy atom. The van der Waals surface area contributed by atoms with Gasteiger partial charge in [0.15, 0.2) is 0 Å². The van der Waals surface area contributed by atoms with Crippen molar-refractivity contribution in [2.45, 2.75) is 6.54 Å². The van der Waals surface area contributed by atoms with Crippen LogP contribution in [-0.2, 0) is 6.54 Å². The van der Waals surface area contributed by atoms with E-state index in [0.29, 0.717) is 12.4 Å². The maximum absolute atomic E-state index is 12.8. The Hall–Kier alpha value is -2.47. The average Bonchev–Trinajstić information content (AvgIpc) is 2.39. The van der Waals surface area contributed by atoms with Crippen LogP contribution in [0, 0.1) is 5.82 Å². The Balaban J connectivity index is 2.15. The molecule has 4 N–H and O–H groups in total. The van der Waals surface area contributed by atoms with E-state index in [9.17, 15) is 14.3 Å². The fourth-order valence-corrected chi connectivity index (χ4v) is 1.50. The molecule has 0 aliphatic rings. The minimum absolute atomic E-state index is 0.0221. The van der Waals surface area contributed by atoms with Crippen LogP contribution in [0.3, 0.4) is 0 Å². The molecule has 0 aliphatic heterocycles. The molecule has 0 radical (unpaired) electrons.